The Kier molecular flexibility index (Phi) is 5.86. The van der Waals surface area contributed by atoms with E-state index in [-0.39, 0.29) is 6.17 Å². The summed E-state index contributed by atoms with van der Waals surface area (Å²) in [5.74, 6) is 1.56. The van der Waals surface area contributed by atoms with Crippen LogP contribution in [0, 0.1) is 0 Å². The van der Waals surface area contributed by atoms with Gasteiger partial charge in [-0.15, -0.1) is 0 Å². The predicted octanol–water partition coefficient (Wildman–Crippen LogP) is 9.31. The molecule has 1 heterocycles. The monoisotopic (exact) mass is 537 g/mol. The molecule has 1 aliphatic heterocycles. The van der Waals surface area contributed by atoms with Crippen molar-refractivity contribution in [1.29, 1.82) is 0 Å². The zero-order valence-electron chi connectivity index (χ0n) is 22.9. The molecule has 42 heavy (non-hydrogen) atoms. The number of hydrogen-bond donors (Lipinski definition) is 1. The highest BCUT2D eigenvalue weighted by Crippen LogP contribution is 2.31. The van der Waals surface area contributed by atoms with Crippen molar-refractivity contribution in [3.63, 3.8) is 0 Å². The number of amidine groups is 2. The average Bonchev–Trinajstić information content (AvgIpc) is 3.07. The highest BCUT2D eigenvalue weighted by Gasteiger charge is 2.23. The normalized spacial score (nSPS) is 14.9. The van der Waals surface area contributed by atoms with Gasteiger partial charge in [0.25, 0.3) is 0 Å². The molecular formula is C39H27N3. The first-order valence-electron chi connectivity index (χ1n) is 14.3. The van der Waals surface area contributed by atoms with Crippen LogP contribution >= 0.6 is 0 Å². The molecule has 0 saturated heterocycles. The Morgan fingerprint density at radius 2 is 1.07 bits per heavy atom. The lowest BCUT2D eigenvalue weighted by Crippen LogP contribution is -2.33. The van der Waals surface area contributed by atoms with Crippen molar-refractivity contribution < 1.29 is 0 Å². The molecule has 8 rings (SSSR count). The summed E-state index contributed by atoms with van der Waals surface area (Å²) in [6, 6.07) is 53.5. The van der Waals surface area contributed by atoms with Crippen molar-refractivity contribution in [1.82, 2.24) is 5.32 Å². The zero-order valence-corrected chi connectivity index (χ0v) is 22.9. The van der Waals surface area contributed by atoms with E-state index in [0.29, 0.717) is 0 Å². The van der Waals surface area contributed by atoms with Crippen LogP contribution in [0.5, 0.6) is 0 Å². The van der Waals surface area contributed by atoms with Crippen molar-refractivity contribution in [3.05, 3.63) is 168 Å². The topological polar surface area (TPSA) is 36.8 Å². The Balaban J connectivity index is 1.26. The van der Waals surface area contributed by atoms with Crippen molar-refractivity contribution in [3.8, 4) is 11.1 Å². The van der Waals surface area contributed by atoms with Gasteiger partial charge in [0.1, 0.15) is 12.0 Å². The number of benzene rings is 7. The molecule has 0 spiro atoms. The van der Waals surface area contributed by atoms with Crippen LogP contribution < -0.4 is 5.32 Å². The maximum atomic E-state index is 5.17. The fraction of sp³-hybridized carbons (Fsp3) is 0.0256. The van der Waals surface area contributed by atoms with Gasteiger partial charge in [0.15, 0.2) is 5.84 Å². The Hall–Kier alpha value is -5.54. The van der Waals surface area contributed by atoms with Gasteiger partial charge in [-0.2, -0.15) is 0 Å². The third kappa shape index (κ3) is 4.32. The number of hydrogen-bond acceptors (Lipinski definition) is 3. The maximum absolute atomic E-state index is 5.17. The number of rotatable bonds is 4. The molecule has 7 aromatic rings. The molecule has 3 heteroatoms. The van der Waals surface area contributed by atoms with Crippen LogP contribution in [0.25, 0.3) is 43.4 Å². The van der Waals surface area contributed by atoms with Crippen LogP contribution in [0.2, 0.25) is 0 Å². The highest BCUT2D eigenvalue weighted by atomic mass is 15.2. The van der Waals surface area contributed by atoms with E-state index in [9.17, 15) is 0 Å². The van der Waals surface area contributed by atoms with Crippen LogP contribution in [-0.4, -0.2) is 11.7 Å². The second-order valence-electron chi connectivity index (χ2n) is 10.7. The van der Waals surface area contributed by atoms with Gasteiger partial charge < -0.3 is 5.32 Å². The molecule has 1 aliphatic rings. The number of nitrogens with one attached hydrogen (secondary N) is 1. The molecule has 1 N–H and O–H groups in total. The van der Waals surface area contributed by atoms with E-state index in [0.717, 1.165) is 39.1 Å². The van der Waals surface area contributed by atoms with Gasteiger partial charge in [-0.1, -0.05) is 140 Å². The van der Waals surface area contributed by atoms with Gasteiger partial charge in [0.05, 0.1) is 0 Å². The van der Waals surface area contributed by atoms with Crippen molar-refractivity contribution in [2.75, 3.05) is 0 Å². The van der Waals surface area contributed by atoms with E-state index in [1.807, 2.05) is 6.07 Å². The summed E-state index contributed by atoms with van der Waals surface area (Å²) in [7, 11) is 0. The van der Waals surface area contributed by atoms with Gasteiger partial charge >= 0.3 is 0 Å². The first kappa shape index (κ1) is 24.3. The first-order valence-corrected chi connectivity index (χ1v) is 14.3. The minimum absolute atomic E-state index is 0.250. The Morgan fingerprint density at radius 3 is 1.93 bits per heavy atom. The summed E-state index contributed by atoms with van der Waals surface area (Å²) >= 11 is 0. The van der Waals surface area contributed by atoms with E-state index in [1.54, 1.807) is 0 Å². The van der Waals surface area contributed by atoms with E-state index in [1.165, 1.54) is 32.7 Å². The molecule has 0 amide bonds. The summed E-state index contributed by atoms with van der Waals surface area (Å²) in [6.07, 6.45) is -0.250. The number of fused-ring (bicyclic) bond motifs is 3. The molecule has 3 nitrogen and oxygen atoms in total. The molecule has 0 aliphatic carbocycles. The Morgan fingerprint density at radius 1 is 0.452 bits per heavy atom. The lowest BCUT2D eigenvalue weighted by atomic mass is 9.96. The summed E-state index contributed by atoms with van der Waals surface area (Å²) in [5.41, 5.74) is 5.60. The fourth-order valence-electron chi connectivity index (χ4n) is 5.97. The van der Waals surface area contributed by atoms with Gasteiger partial charge in [0.2, 0.25) is 0 Å². The lowest BCUT2D eigenvalue weighted by molar-refractivity contribution is 0.675. The SMILES string of the molecule is c1ccc(C2N=C(c3cccc4ccccc34)N=C(c3cccc4cc(-c5ccc6ccccc6c5)ccc34)N2)cc1. The van der Waals surface area contributed by atoms with Crippen LogP contribution in [0.1, 0.15) is 22.9 Å². The van der Waals surface area contributed by atoms with Crippen LogP contribution in [0.3, 0.4) is 0 Å². The van der Waals surface area contributed by atoms with Gasteiger partial charge in [-0.25, -0.2) is 9.98 Å². The number of aliphatic imine (C=N–C) groups is 2. The van der Waals surface area contributed by atoms with E-state index >= 15 is 0 Å². The minimum Gasteiger partial charge on any atom is -0.344 e. The van der Waals surface area contributed by atoms with Gasteiger partial charge in [-0.05, 0) is 61.1 Å². The molecule has 0 fully saturated rings. The molecule has 0 saturated carbocycles. The number of nitrogens with zero attached hydrogens (tertiary/aromatic N) is 2. The van der Waals surface area contributed by atoms with Crippen molar-refractivity contribution >= 4 is 44.0 Å². The van der Waals surface area contributed by atoms with E-state index < -0.39 is 0 Å². The molecule has 0 radical (unpaired) electrons. The second kappa shape index (κ2) is 10.1. The van der Waals surface area contributed by atoms with Crippen molar-refractivity contribution in [2.24, 2.45) is 9.98 Å². The summed E-state index contributed by atoms with van der Waals surface area (Å²) in [5, 5.41) is 10.8. The van der Waals surface area contributed by atoms with E-state index in [4.69, 9.17) is 9.98 Å². The highest BCUT2D eigenvalue weighted by molar-refractivity contribution is 6.20. The molecule has 1 atom stereocenters. The first-order chi connectivity index (χ1) is 20.8. The van der Waals surface area contributed by atoms with Crippen LogP contribution in [0.4, 0.5) is 0 Å². The summed E-state index contributed by atoms with van der Waals surface area (Å²) < 4.78 is 0. The van der Waals surface area contributed by atoms with E-state index in [2.05, 4.69) is 151 Å². The third-order valence-electron chi connectivity index (χ3n) is 8.11. The molecule has 7 aromatic carbocycles. The van der Waals surface area contributed by atoms with Gasteiger partial charge in [0, 0.05) is 11.1 Å². The Labute approximate surface area is 244 Å². The predicted molar refractivity (Wildman–Crippen MR) is 176 cm³/mol. The third-order valence-corrected chi connectivity index (χ3v) is 8.11. The summed E-state index contributed by atoms with van der Waals surface area (Å²) in [4.78, 5) is 10.3. The quantitative estimate of drug-likeness (QED) is 0.239. The van der Waals surface area contributed by atoms with Gasteiger partial charge in [-0.3, -0.25) is 0 Å². The molecular weight excluding hydrogens is 510 g/mol. The standard InChI is InChI=1S/C39H27N3/c1-2-12-28(13-3-1)37-40-38(35-18-8-15-27-11-6-7-17-33(27)35)42-39(41-37)36-19-9-16-32-25-31(22-23-34(32)36)30-21-20-26-10-4-5-14-29(26)24-30/h1-25,37H,(H,40,41,42). The second-order valence-corrected chi connectivity index (χ2v) is 10.7. The average molecular weight is 538 g/mol. The molecule has 0 aromatic heterocycles. The van der Waals surface area contributed by atoms with Crippen molar-refractivity contribution in [2.45, 2.75) is 6.17 Å². The zero-order chi connectivity index (χ0) is 27.9. The molecule has 198 valence electrons. The fourth-order valence-corrected chi connectivity index (χ4v) is 5.97. The minimum atomic E-state index is -0.250. The molecule has 1 unspecified atom stereocenters. The Bertz CT molecular complexity index is 2170. The van der Waals surface area contributed by atoms with Crippen LogP contribution in [-0.2, 0) is 0 Å². The van der Waals surface area contributed by atoms with Crippen LogP contribution in [0.15, 0.2) is 162 Å². The smallest absolute Gasteiger partial charge is 0.160 e. The molecule has 0 bridgehead atoms. The maximum Gasteiger partial charge on any atom is 0.160 e. The lowest BCUT2D eigenvalue weighted by Gasteiger charge is -2.24. The summed E-state index contributed by atoms with van der Waals surface area (Å²) in [6.45, 7) is 0. The largest absolute Gasteiger partial charge is 0.344 e.